The van der Waals surface area contributed by atoms with Gasteiger partial charge in [0.1, 0.15) is 5.25 Å². The van der Waals surface area contributed by atoms with Crippen LogP contribution in [0.4, 0.5) is 5.69 Å². The molecule has 3 aromatic rings. The van der Waals surface area contributed by atoms with Gasteiger partial charge in [0.2, 0.25) is 5.91 Å². The Hall–Kier alpha value is -2.51. The molecule has 1 N–H and O–H groups in total. The third-order valence-electron chi connectivity index (χ3n) is 4.16. The smallest absolute Gasteiger partial charge is 0.260 e. The number of carbonyl (C=O) groups is 2. The molecule has 7 heteroatoms. The number of hydrogen-bond acceptors (Lipinski definition) is 5. The lowest BCUT2D eigenvalue weighted by molar-refractivity contribution is -0.121. The van der Waals surface area contributed by atoms with Crippen molar-refractivity contribution < 1.29 is 9.59 Å². The van der Waals surface area contributed by atoms with Gasteiger partial charge in [-0.15, -0.1) is 11.3 Å². The van der Waals surface area contributed by atoms with Crippen LogP contribution in [0, 0.1) is 6.92 Å². The Kier molecular flexibility index (Phi) is 5.05. The predicted molar refractivity (Wildman–Crippen MR) is 112 cm³/mol. The normalized spacial score (nSPS) is 16.6. The van der Waals surface area contributed by atoms with Crippen LogP contribution in [-0.4, -0.2) is 27.1 Å². The summed E-state index contributed by atoms with van der Waals surface area (Å²) in [5.74, 6) is -0.422. The van der Waals surface area contributed by atoms with Crippen LogP contribution in [0.5, 0.6) is 0 Å². The zero-order valence-electron chi connectivity index (χ0n) is 14.6. The molecular weight excluding hydrogens is 378 g/mol. The van der Waals surface area contributed by atoms with Crippen molar-refractivity contribution in [1.29, 1.82) is 0 Å². The van der Waals surface area contributed by atoms with Crippen LogP contribution < -0.4 is 5.32 Å². The monoisotopic (exact) mass is 395 g/mol. The number of aromatic nitrogens is 1. The maximum Gasteiger partial charge on any atom is 0.260 e. The molecule has 2 heterocycles. The van der Waals surface area contributed by atoms with Gasteiger partial charge in [0, 0.05) is 29.6 Å². The molecule has 27 heavy (non-hydrogen) atoms. The van der Waals surface area contributed by atoms with Crippen molar-refractivity contribution in [2.24, 2.45) is 4.99 Å². The lowest BCUT2D eigenvalue weighted by Crippen LogP contribution is -2.21. The van der Waals surface area contributed by atoms with E-state index < -0.39 is 5.25 Å². The highest BCUT2D eigenvalue weighted by Crippen LogP contribution is 2.28. The van der Waals surface area contributed by atoms with Crippen molar-refractivity contribution in [1.82, 2.24) is 4.98 Å². The van der Waals surface area contributed by atoms with Crippen molar-refractivity contribution in [2.75, 3.05) is 5.32 Å². The van der Waals surface area contributed by atoms with E-state index in [2.05, 4.69) is 15.3 Å². The van der Waals surface area contributed by atoms with Gasteiger partial charge in [0.15, 0.2) is 0 Å². The molecule has 0 radical (unpaired) electrons. The molecule has 1 aromatic heterocycles. The Balaban J connectivity index is 1.36. The third kappa shape index (κ3) is 4.26. The summed E-state index contributed by atoms with van der Waals surface area (Å²) in [5.41, 5.74) is 1.70. The summed E-state index contributed by atoms with van der Waals surface area (Å²) in [7, 11) is 0. The summed E-state index contributed by atoms with van der Waals surface area (Å²) >= 11 is 2.93. The molecule has 1 aliphatic heterocycles. The molecule has 1 atom stereocenters. The van der Waals surface area contributed by atoms with E-state index in [-0.39, 0.29) is 18.2 Å². The predicted octanol–water partition coefficient (Wildman–Crippen LogP) is 4.22. The number of carbonyl (C=O) groups excluding carboxylic acids is 2. The van der Waals surface area contributed by atoms with E-state index in [1.165, 1.54) is 11.8 Å². The van der Waals surface area contributed by atoms with Crippen molar-refractivity contribution in [3.63, 3.8) is 0 Å². The van der Waals surface area contributed by atoms with Gasteiger partial charge in [0.25, 0.3) is 5.91 Å². The highest BCUT2D eigenvalue weighted by molar-refractivity contribution is 8.15. The van der Waals surface area contributed by atoms with E-state index in [1.807, 2.05) is 54.8 Å². The Labute approximate surface area is 164 Å². The van der Waals surface area contributed by atoms with Crippen LogP contribution in [0.15, 0.2) is 52.8 Å². The number of amides is 2. The second-order valence-electron chi connectivity index (χ2n) is 6.32. The molecule has 2 amide bonds. The molecule has 0 unspecified atom stereocenters. The van der Waals surface area contributed by atoms with Crippen molar-refractivity contribution >= 4 is 56.4 Å². The highest BCUT2D eigenvalue weighted by Gasteiger charge is 2.30. The fraction of sp³-hybridized carbons (Fsp3) is 0.200. The first-order chi connectivity index (χ1) is 13.1. The van der Waals surface area contributed by atoms with E-state index >= 15 is 0 Å². The van der Waals surface area contributed by atoms with E-state index in [9.17, 15) is 9.59 Å². The summed E-state index contributed by atoms with van der Waals surface area (Å²) in [6.07, 6.45) is 0.665. The van der Waals surface area contributed by atoms with Crippen LogP contribution in [-0.2, 0) is 16.0 Å². The number of thioether (sulfide) groups is 1. The van der Waals surface area contributed by atoms with Gasteiger partial charge in [-0.2, -0.15) is 0 Å². The minimum Gasteiger partial charge on any atom is -0.326 e. The summed E-state index contributed by atoms with van der Waals surface area (Å²) in [5, 5.41) is 8.26. The number of aliphatic imine (C=N–C) groups is 1. The van der Waals surface area contributed by atoms with Crippen LogP contribution in [0.2, 0.25) is 0 Å². The Bertz CT molecular complexity index is 1060. The molecule has 136 valence electrons. The minimum absolute atomic E-state index is 0.111. The fourth-order valence-electron chi connectivity index (χ4n) is 2.91. The van der Waals surface area contributed by atoms with Crippen LogP contribution in [0.25, 0.3) is 10.8 Å². The van der Waals surface area contributed by atoms with Crippen molar-refractivity contribution in [2.45, 2.75) is 25.0 Å². The summed E-state index contributed by atoms with van der Waals surface area (Å²) in [6.45, 7) is 1.94. The standard InChI is InChI=1S/C20H17N3O2S2/c1-12-11-26-18(21-12)10-19-23-20(25)16(27-19)9-17(24)22-15-7-6-13-4-2-3-5-14(13)8-15/h2-8,11,16H,9-10H2,1H3,(H,22,24)/t16-/m1/s1. The average molecular weight is 396 g/mol. The second-order valence-corrected chi connectivity index (χ2v) is 8.54. The topological polar surface area (TPSA) is 71.4 Å². The number of fused-ring (bicyclic) bond motifs is 1. The first-order valence-electron chi connectivity index (χ1n) is 8.54. The van der Waals surface area contributed by atoms with E-state index in [0.717, 1.165) is 32.2 Å². The number of anilines is 1. The molecule has 0 bridgehead atoms. The van der Waals surface area contributed by atoms with Crippen LogP contribution >= 0.6 is 23.1 Å². The molecular formula is C20H17N3O2S2. The number of nitrogens with one attached hydrogen (secondary N) is 1. The maximum absolute atomic E-state index is 12.4. The SMILES string of the molecule is Cc1csc(CC2=NC(=O)[C@@H](CC(=O)Nc3ccc4ccccc4c3)S2)n1. The Morgan fingerprint density at radius 1 is 1.19 bits per heavy atom. The second kappa shape index (κ2) is 7.62. The zero-order chi connectivity index (χ0) is 18.8. The quantitative estimate of drug-likeness (QED) is 0.702. The number of aryl methyl sites for hydroxylation is 1. The zero-order valence-corrected chi connectivity index (χ0v) is 16.3. The van der Waals surface area contributed by atoms with Gasteiger partial charge in [0.05, 0.1) is 10.1 Å². The largest absolute Gasteiger partial charge is 0.326 e. The van der Waals surface area contributed by atoms with Crippen LogP contribution in [0.1, 0.15) is 17.1 Å². The molecule has 0 aliphatic carbocycles. The number of rotatable bonds is 5. The molecule has 0 fully saturated rings. The molecule has 5 nitrogen and oxygen atoms in total. The van der Waals surface area contributed by atoms with E-state index in [1.54, 1.807) is 11.3 Å². The van der Waals surface area contributed by atoms with Crippen LogP contribution in [0.3, 0.4) is 0 Å². The summed E-state index contributed by atoms with van der Waals surface area (Å²) < 4.78 is 0. The van der Waals surface area contributed by atoms with Gasteiger partial charge in [-0.1, -0.05) is 42.1 Å². The number of benzene rings is 2. The lowest BCUT2D eigenvalue weighted by Gasteiger charge is -2.09. The average Bonchev–Trinajstić information content (AvgIpc) is 3.20. The minimum atomic E-state index is -0.457. The third-order valence-corrected chi connectivity index (χ3v) is 6.29. The molecule has 0 spiro atoms. The van der Waals surface area contributed by atoms with Crippen molar-refractivity contribution in [3.05, 3.63) is 58.5 Å². The summed E-state index contributed by atoms with van der Waals surface area (Å²) in [6, 6.07) is 13.7. The van der Waals surface area contributed by atoms with Gasteiger partial charge < -0.3 is 5.32 Å². The number of hydrogen-bond donors (Lipinski definition) is 1. The molecule has 0 saturated carbocycles. The number of nitrogens with zero attached hydrogens (tertiary/aromatic N) is 2. The van der Waals surface area contributed by atoms with Gasteiger partial charge >= 0.3 is 0 Å². The van der Waals surface area contributed by atoms with Gasteiger partial charge in [-0.25, -0.2) is 9.98 Å². The Morgan fingerprint density at radius 2 is 2.00 bits per heavy atom. The van der Waals surface area contributed by atoms with Crippen molar-refractivity contribution in [3.8, 4) is 0 Å². The van der Waals surface area contributed by atoms with E-state index in [4.69, 9.17) is 0 Å². The molecule has 0 saturated heterocycles. The lowest BCUT2D eigenvalue weighted by atomic mass is 10.1. The first kappa shape index (κ1) is 17.9. The maximum atomic E-state index is 12.4. The molecule has 4 rings (SSSR count). The molecule has 2 aromatic carbocycles. The highest BCUT2D eigenvalue weighted by atomic mass is 32.2. The Morgan fingerprint density at radius 3 is 2.78 bits per heavy atom. The van der Waals surface area contributed by atoms with E-state index in [0.29, 0.717) is 6.42 Å². The van der Waals surface area contributed by atoms with Gasteiger partial charge in [-0.05, 0) is 29.8 Å². The first-order valence-corrected chi connectivity index (χ1v) is 10.3. The van der Waals surface area contributed by atoms with Gasteiger partial charge in [-0.3, -0.25) is 9.59 Å². The summed E-state index contributed by atoms with van der Waals surface area (Å²) in [4.78, 5) is 33.0. The number of thiazole rings is 1. The fourth-order valence-corrected chi connectivity index (χ4v) is 4.85. The molecule has 1 aliphatic rings.